The molecule has 4 rings (SSSR count). The lowest BCUT2D eigenvalue weighted by Crippen LogP contribution is -2.32. The van der Waals surface area contributed by atoms with Crippen molar-refractivity contribution in [2.45, 2.75) is 46.3 Å². The van der Waals surface area contributed by atoms with E-state index in [1.165, 1.54) is 12.1 Å². The van der Waals surface area contributed by atoms with E-state index >= 15 is 0 Å². The van der Waals surface area contributed by atoms with Gasteiger partial charge in [0.2, 0.25) is 10.0 Å². The van der Waals surface area contributed by atoms with Gasteiger partial charge < -0.3 is 15.5 Å². The summed E-state index contributed by atoms with van der Waals surface area (Å²) in [5.41, 5.74) is 3.65. The Hall–Kier alpha value is -3.76. The molecule has 0 aliphatic carbocycles. The van der Waals surface area contributed by atoms with Crippen LogP contribution in [0.5, 0.6) is 5.75 Å². The van der Waals surface area contributed by atoms with Gasteiger partial charge in [-0.3, -0.25) is 4.79 Å². The minimum absolute atomic E-state index is 0. The molecule has 0 radical (unpaired) electrons. The number of halogens is 1. The summed E-state index contributed by atoms with van der Waals surface area (Å²) < 4.78 is 47.5. The number of carbonyl (C=O) groups excluding carboxylic acids is 1. The molecule has 0 bridgehead atoms. The molecule has 1 aromatic heterocycles. The van der Waals surface area contributed by atoms with Crippen molar-refractivity contribution in [2.75, 3.05) is 5.75 Å². The van der Waals surface area contributed by atoms with Crippen LogP contribution in [0.25, 0.3) is 11.0 Å². The molecule has 0 aliphatic rings. The fourth-order valence-electron chi connectivity index (χ4n) is 3.97. The highest BCUT2D eigenvalue weighted by Crippen LogP contribution is 2.22. The van der Waals surface area contributed by atoms with Crippen molar-refractivity contribution in [3.05, 3.63) is 95.1 Å². The molecule has 0 atom stereocenters. The van der Waals surface area contributed by atoms with E-state index in [2.05, 4.69) is 4.72 Å². The topological polar surface area (TPSA) is 127 Å². The van der Waals surface area contributed by atoms with Crippen LogP contribution in [-0.4, -0.2) is 29.6 Å². The first kappa shape index (κ1) is 28.8. The van der Waals surface area contributed by atoms with E-state index in [0.29, 0.717) is 31.7 Å². The third-order valence-corrected chi connectivity index (χ3v) is 7.33. The largest absolute Gasteiger partial charge is 0.489 e. The maximum Gasteiger partial charge on any atom is 0.264 e. The van der Waals surface area contributed by atoms with E-state index in [-0.39, 0.29) is 23.3 Å². The average molecular weight is 542 g/mol. The smallest absolute Gasteiger partial charge is 0.264 e. The molecule has 0 saturated carbocycles. The van der Waals surface area contributed by atoms with Gasteiger partial charge in [0.15, 0.2) is 0 Å². The normalized spacial score (nSPS) is 11.2. The summed E-state index contributed by atoms with van der Waals surface area (Å²) in [4.78, 5) is 17.4. The second-order valence-electron chi connectivity index (χ2n) is 8.83. The molecule has 8 nitrogen and oxygen atoms in total. The number of aryl methyl sites for hydroxylation is 1. The number of amides is 1. The molecular weight excluding hydrogens is 507 g/mol. The maximum absolute atomic E-state index is 13.1. The summed E-state index contributed by atoms with van der Waals surface area (Å²) in [6.07, 6.45) is 1.91. The van der Waals surface area contributed by atoms with Crippen LogP contribution in [0, 0.1) is 5.82 Å². The molecule has 38 heavy (non-hydrogen) atoms. The number of imidazole rings is 1. The first-order valence-corrected chi connectivity index (χ1v) is 13.9. The van der Waals surface area contributed by atoms with Gasteiger partial charge in [0, 0.05) is 18.5 Å². The van der Waals surface area contributed by atoms with Gasteiger partial charge in [-0.05, 0) is 60.0 Å². The molecule has 1 amide bonds. The minimum atomic E-state index is -3.68. The van der Waals surface area contributed by atoms with E-state index in [1.54, 1.807) is 30.3 Å². The molecular formula is C28H34FN4O4S+. The number of nitrogens with zero attached hydrogens (tertiary/aromatic N) is 2. The molecule has 0 aliphatic heterocycles. The number of quaternary nitrogens is 1. The summed E-state index contributed by atoms with van der Waals surface area (Å²) >= 11 is 0. The molecule has 0 saturated heterocycles. The van der Waals surface area contributed by atoms with Crippen LogP contribution in [-0.2, 0) is 29.6 Å². The molecule has 202 valence electrons. The van der Waals surface area contributed by atoms with Crippen LogP contribution in [0.15, 0.2) is 66.7 Å². The molecule has 0 fully saturated rings. The summed E-state index contributed by atoms with van der Waals surface area (Å²) in [5, 5.41) is 0. The fourth-order valence-corrected chi connectivity index (χ4v) is 5.14. The van der Waals surface area contributed by atoms with Crippen molar-refractivity contribution in [3.63, 3.8) is 0 Å². The number of hydrogen-bond acceptors (Lipinski definition) is 5. The molecule has 1 heterocycles. The second-order valence-corrected chi connectivity index (χ2v) is 10.7. The van der Waals surface area contributed by atoms with Crippen molar-refractivity contribution >= 4 is 27.0 Å². The van der Waals surface area contributed by atoms with Gasteiger partial charge in [-0.1, -0.05) is 44.5 Å². The van der Waals surface area contributed by atoms with E-state index in [1.807, 2.05) is 42.7 Å². The number of hydrogen-bond donors (Lipinski definition) is 2. The highest BCUT2D eigenvalue weighted by molar-refractivity contribution is 7.90. The van der Waals surface area contributed by atoms with Gasteiger partial charge in [0.25, 0.3) is 5.91 Å². The number of aromatic nitrogens is 2. The van der Waals surface area contributed by atoms with E-state index in [9.17, 15) is 17.6 Å². The predicted octanol–water partition coefficient (Wildman–Crippen LogP) is 5.60. The lowest BCUT2D eigenvalue weighted by atomic mass is 10.1. The molecule has 10 heteroatoms. The Labute approximate surface area is 222 Å². The van der Waals surface area contributed by atoms with Crippen molar-refractivity contribution < 1.29 is 22.3 Å². The molecule has 3 aromatic carbocycles. The number of sulfonamides is 1. The van der Waals surface area contributed by atoms with Gasteiger partial charge in [-0.2, -0.15) is 0 Å². The lowest BCUT2D eigenvalue weighted by Gasteiger charge is -2.11. The van der Waals surface area contributed by atoms with Gasteiger partial charge in [0.05, 0.1) is 16.8 Å². The highest BCUT2D eigenvalue weighted by atomic mass is 32.2. The zero-order valence-corrected chi connectivity index (χ0v) is 22.7. The molecule has 5 N–H and O–H groups in total. The van der Waals surface area contributed by atoms with E-state index in [4.69, 9.17) is 9.72 Å². The molecule has 0 spiro atoms. The Morgan fingerprint density at radius 3 is 2.34 bits per heavy atom. The quantitative estimate of drug-likeness (QED) is 0.255. The summed E-state index contributed by atoms with van der Waals surface area (Å²) in [7, 11) is -3.68. The van der Waals surface area contributed by atoms with E-state index in [0.717, 1.165) is 34.4 Å². The SMILES string of the molecule is CCCCS(=O)(=O)NC(=O)c1ccc2nc(CC)n(Cc3ccc(OCc4ccc(F)cc4)cc3)c2c1.[NH4+]. The third-order valence-electron chi connectivity index (χ3n) is 6.00. The van der Waals surface area contributed by atoms with E-state index < -0.39 is 15.9 Å². The Balaban J connectivity index is 0.00000400. The maximum atomic E-state index is 13.1. The van der Waals surface area contributed by atoms with Crippen molar-refractivity contribution in [1.29, 1.82) is 0 Å². The highest BCUT2D eigenvalue weighted by Gasteiger charge is 2.18. The zero-order chi connectivity index (χ0) is 26.4. The van der Waals surface area contributed by atoms with Crippen LogP contribution >= 0.6 is 0 Å². The van der Waals surface area contributed by atoms with Gasteiger partial charge in [-0.25, -0.2) is 22.5 Å². The number of carbonyl (C=O) groups is 1. The van der Waals surface area contributed by atoms with Crippen LogP contribution in [0.3, 0.4) is 0 Å². The van der Waals surface area contributed by atoms with Crippen LogP contribution in [0.2, 0.25) is 0 Å². The van der Waals surface area contributed by atoms with Crippen LogP contribution in [0.1, 0.15) is 54.0 Å². The number of ether oxygens (including phenoxy) is 1. The monoisotopic (exact) mass is 541 g/mol. The van der Waals surface area contributed by atoms with Crippen molar-refractivity contribution in [2.24, 2.45) is 0 Å². The Morgan fingerprint density at radius 2 is 1.68 bits per heavy atom. The van der Waals surface area contributed by atoms with Crippen molar-refractivity contribution in [3.8, 4) is 5.75 Å². The third kappa shape index (κ3) is 7.17. The van der Waals surface area contributed by atoms with Gasteiger partial charge >= 0.3 is 0 Å². The Kier molecular flexibility index (Phi) is 9.60. The average Bonchev–Trinajstić information content (AvgIpc) is 3.24. The number of unbranched alkanes of at least 4 members (excludes halogenated alkanes) is 1. The number of fused-ring (bicyclic) bond motifs is 1. The van der Waals surface area contributed by atoms with Gasteiger partial charge in [-0.15, -0.1) is 0 Å². The molecule has 0 unspecified atom stereocenters. The summed E-state index contributed by atoms with van der Waals surface area (Å²) in [5.74, 6) is 0.545. The minimum Gasteiger partial charge on any atom is -0.489 e. The standard InChI is InChI=1S/C28H30FN3O4S.H3N/c1-3-5-16-37(34,35)31-28(33)22-10-15-25-26(17-22)32(27(4-2)30-25)18-20-8-13-24(14-9-20)36-19-21-6-11-23(29)12-7-21;/h6-15,17H,3-5,16,18-19H2,1-2H3,(H,31,33);1H3/p+1. The van der Waals surface area contributed by atoms with Gasteiger partial charge in [0.1, 0.15) is 24.0 Å². The summed E-state index contributed by atoms with van der Waals surface area (Å²) in [6.45, 7) is 4.77. The predicted molar refractivity (Wildman–Crippen MR) is 148 cm³/mol. The number of nitrogens with one attached hydrogen (secondary N) is 1. The second kappa shape index (κ2) is 12.7. The molecule has 4 aromatic rings. The zero-order valence-electron chi connectivity index (χ0n) is 21.9. The number of rotatable bonds is 11. The first-order chi connectivity index (χ1) is 17.8. The summed E-state index contributed by atoms with van der Waals surface area (Å²) in [6, 6.07) is 18.9. The fraction of sp³-hybridized carbons (Fsp3) is 0.286. The lowest BCUT2D eigenvalue weighted by molar-refractivity contribution is 0.0981. The van der Waals surface area contributed by atoms with Crippen LogP contribution < -0.4 is 15.6 Å². The number of benzene rings is 3. The van der Waals surface area contributed by atoms with Crippen molar-refractivity contribution in [1.82, 2.24) is 20.4 Å². The Morgan fingerprint density at radius 1 is 1.00 bits per heavy atom. The first-order valence-electron chi connectivity index (χ1n) is 12.3. The Bertz CT molecular complexity index is 1480. The van der Waals surface area contributed by atoms with Crippen LogP contribution in [0.4, 0.5) is 4.39 Å².